The van der Waals surface area contributed by atoms with E-state index in [9.17, 15) is 0 Å². The van der Waals surface area contributed by atoms with Gasteiger partial charge in [-0.1, -0.05) is 6.07 Å². The third-order valence-electron chi connectivity index (χ3n) is 4.83. The molecule has 0 saturated heterocycles. The Morgan fingerprint density at radius 1 is 0.931 bits per heavy atom. The summed E-state index contributed by atoms with van der Waals surface area (Å²) in [5, 5.41) is 10.6. The molecule has 0 unspecified atom stereocenters. The zero-order valence-corrected chi connectivity index (χ0v) is 15.8. The molecular weight excluding hydrogens is 382 g/mol. The van der Waals surface area contributed by atoms with Crippen molar-refractivity contribution in [2.75, 3.05) is 0 Å². The highest BCUT2D eigenvalue weighted by Gasteiger charge is 2.16. The molecule has 0 fully saturated rings. The maximum atomic E-state index is 4.86. The minimum Gasteiger partial charge on any atom is -0.335 e. The number of fused-ring (bicyclic) bond motifs is 2. The SMILES string of the molecule is c1csc(-c2cncc3[nH]c(-c4n[nH]c5cnc(-c6ccncc6)cc45)nc23)c1. The average Bonchev–Trinajstić information content (AvgIpc) is 3.52. The Morgan fingerprint density at radius 2 is 1.86 bits per heavy atom. The molecule has 0 aromatic carbocycles. The Balaban J connectivity index is 1.53. The smallest absolute Gasteiger partial charge is 0.159 e. The maximum Gasteiger partial charge on any atom is 0.159 e. The van der Waals surface area contributed by atoms with Gasteiger partial charge in [0.05, 0.1) is 29.1 Å². The molecule has 6 aromatic rings. The highest BCUT2D eigenvalue weighted by molar-refractivity contribution is 7.13. The van der Waals surface area contributed by atoms with Gasteiger partial charge in [0, 0.05) is 40.0 Å². The van der Waals surface area contributed by atoms with E-state index < -0.39 is 0 Å². The van der Waals surface area contributed by atoms with Crippen molar-refractivity contribution in [3.8, 4) is 33.2 Å². The fraction of sp³-hybridized carbons (Fsp3) is 0. The molecule has 0 aliphatic carbocycles. The van der Waals surface area contributed by atoms with E-state index in [0.717, 1.165) is 49.3 Å². The molecule has 0 aliphatic rings. The van der Waals surface area contributed by atoms with Gasteiger partial charge in [-0.3, -0.25) is 20.1 Å². The van der Waals surface area contributed by atoms with Crippen LogP contribution in [0.15, 0.2) is 66.7 Å². The minimum absolute atomic E-state index is 0.698. The molecule has 0 saturated carbocycles. The molecule has 29 heavy (non-hydrogen) atoms. The predicted molar refractivity (Wildman–Crippen MR) is 113 cm³/mol. The Kier molecular flexibility index (Phi) is 3.50. The number of imidazole rings is 1. The van der Waals surface area contributed by atoms with Crippen molar-refractivity contribution >= 4 is 33.3 Å². The first-order valence-electron chi connectivity index (χ1n) is 8.99. The number of H-pyrrole nitrogens is 2. The van der Waals surface area contributed by atoms with Gasteiger partial charge < -0.3 is 4.98 Å². The van der Waals surface area contributed by atoms with Gasteiger partial charge in [0.1, 0.15) is 11.2 Å². The zero-order valence-electron chi connectivity index (χ0n) is 15.0. The highest BCUT2D eigenvalue weighted by atomic mass is 32.1. The normalized spacial score (nSPS) is 11.4. The topological polar surface area (TPSA) is 96.0 Å². The molecule has 0 amide bonds. The molecule has 0 spiro atoms. The molecule has 0 aliphatic heterocycles. The highest BCUT2D eigenvalue weighted by Crippen LogP contribution is 2.33. The second kappa shape index (κ2) is 6.32. The molecule has 2 N–H and O–H groups in total. The van der Waals surface area contributed by atoms with E-state index in [4.69, 9.17) is 4.98 Å². The summed E-state index contributed by atoms with van der Waals surface area (Å²) in [6, 6.07) is 10.0. The van der Waals surface area contributed by atoms with Crippen molar-refractivity contribution in [3.63, 3.8) is 0 Å². The number of pyridine rings is 3. The summed E-state index contributed by atoms with van der Waals surface area (Å²) < 4.78 is 0. The Morgan fingerprint density at radius 3 is 2.72 bits per heavy atom. The van der Waals surface area contributed by atoms with E-state index in [2.05, 4.69) is 41.6 Å². The van der Waals surface area contributed by atoms with E-state index in [1.165, 1.54) is 0 Å². The standard InChI is InChI=1S/C21H13N7S/c1-2-18(29-7-1)14-9-23-10-17-19(14)26-21(25-17)20-13-8-15(12-3-5-22-6-4-12)24-11-16(13)27-28-20/h1-11H,(H,25,26)(H,27,28). The zero-order chi connectivity index (χ0) is 19.2. The minimum atomic E-state index is 0.698. The number of nitrogens with zero attached hydrogens (tertiary/aromatic N) is 5. The van der Waals surface area contributed by atoms with Crippen LogP contribution in [-0.4, -0.2) is 35.1 Å². The van der Waals surface area contributed by atoms with Gasteiger partial charge in [0.25, 0.3) is 0 Å². The lowest BCUT2D eigenvalue weighted by atomic mass is 10.1. The first-order chi connectivity index (χ1) is 14.4. The van der Waals surface area contributed by atoms with Gasteiger partial charge >= 0.3 is 0 Å². The fourth-order valence-corrected chi connectivity index (χ4v) is 4.17. The van der Waals surface area contributed by atoms with Crippen LogP contribution in [0.4, 0.5) is 0 Å². The molecular formula is C21H13N7S. The van der Waals surface area contributed by atoms with Gasteiger partial charge in [-0.2, -0.15) is 5.10 Å². The quantitative estimate of drug-likeness (QED) is 0.453. The van der Waals surface area contributed by atoms with E-state index in [1.54, 1.807) is 36.1 Å². The summed E-state index contributed by atoms with van der Waals surface area (Å²) in [5.41, 5.74) is 6.25. The van der Waals surface area contributed by atoms with Gasteiger partial charge in [0.15, 0.2) is 5.82 Å². The Labute approximate surface area is 168 Å². The monoisotopic (exact) mass is 395 g/mol. The third-order valence-corrected chi connectivity index (χ3v) is 5.73. The molecule has 7 nitrogen and oxygen atoms in total. The maximum absolute atomic E-state index is 4.86. The lowest BCUT2D eigenvalue weighted by Crippen LogP contribution is -1.85. The second-order valence-corrected chi connectivity index (χ2v) is 7.52. The van der Waals surface area contributed by atoms with Crippen LogP contribution >= 0.6 is 11.3 Å². The lowest BCUT2D eigenvalue weighted by molar-refractivity contribution is 1.10. The molecule has 6 aromatic heterocycles. The number of aromatic amines is 2. The van der Waals surface area contributed by atoms with Gasteiger partial charge in [-0.25, -0.2) is 4.98 Å². The van der Waals surface area contributed by atoms with Crippen LogP contribution in [0.1, 0.15) is 0 Å². The predicted octanol–water partition coefficient (Wildman–Crippen LogP) is 4.69. The van der Waals surface area contributed by atoms with Gasteiger partial charge in [-0.15, -0.1) is 11.3 Å². The van der Waals surface area contributed by atoms with Crippen LogP contribution in [-0.2, 0) is 0 Å². The summed E-state index contributed by atoms with van der Waals surface area (Å²) in [6.45, 7) is 0. The van der Waals surface area contributed by atoms with Crippen LogP contribution in [0.25, 0.3) is 55.2 Å². The summed E-state index contributed by atoms with van der Waals surface area (Å²) in [4.78, 5) is 22.4. The largest absolute Gasteiger partial charge is 0.335 e. The molecule has 8 heteroatoms. The molecule has 6 rings (SSSR count). The average molecular weight is 395 g/mol. The number of rotatable bonds is 3. The first kappa shape index (κ1) is 16.1. The summed E-state index contributed by atoms with van der Waals surface area (Å²) in [6.07, 6.45) is 8.96. The summed E-state index contributed by atoms with van der Waals surface area (Å²) in [7, 11) is 0. The van der Waals surface area contributed by atoms with Crippen LogP contribution < -0.4 is 0 Å². The van der Waals surface area contributed by atoms with Crippen molar-refractivity contribution in [2.45, 2.75) is 0 Å². The van der Waals surface area contributed by atoms with Crippen molar-refractivity contribution in [3.05, 3.63) is 66.7 Å². The molecule has 138 valence electrons. The molecule has 0 bridgehead atoms. The van der Waals surface area contributed by atoms with Crippen LogP contribution in [0, 0.1) is 0 Å². The van der Waals surface area contributed by atoms with Gasteiger partial charge in [-0.05, 0) is 29.6 Å². The number of hydrogen-bond acceptors (Lipinski definition) is 6. The summed E-state index contributed by atoms with van der Waals surface area (Å²) >= 11 is 1.67. The van der Waals surface area contributed by atoms with Crippen LogP contribution in [0.5, 0.6) is 0 Å². The van der Waals surface area contributed by atoms with E-state index >= 15 is 0 Å². The van der Waals surface area contributed by atoms with E-state index in [1.807, 2.05) is 30.5 Å². The van der Waals surface area contributed by atoms with Crippen molar-refractivity contribution in [1.29, 1.82) is 0 Å². The number of aromatic nitrogens is 7. The number of hydrogen-bond donors (Lipinski definition) is 2. The number of thiophene rings is 1. The molecule has 6 heterocycles. The van der Waals surface area contributed by atoms with Crippen molar-refractivity contribution in [1.82, 2.24) is 35.1 Å². The summed E-state index contributed by atoms with van der Waals surface area (Å²) in [5.74, 6) is 0.698. The van der Waals surface area contributed by atoms with E-state index in [0.29, 0.717) is 5.82 Å². The first-order valence-corrected chi connectivity index (χ1v) is 9.87. The van der Waals surface area contributed by atoms with Gasteiger partial charge in [0.2, 0.25) is 0 Å². The lowest BCUT2D eigenvalue weighted by Gasteiger charge is -2.00. The second-order valence-electron chi connectivity index (χ2n) is 6.57. The fourth-order valence-electron chi connectivity index (χ4n) is 3.44. The van der Waals surface area contributed by atoms with Crippen LogP contribution in [0.2, 0.25) is 0 Å². The third kappa shape index (κ3) is 2.61. The Bertz CT molecular complexity index is 1450. The number of nitrogens with one attached hydrogen (secondary N) is 2. The van der Waals surface area contributed by atoms with E-state index in [-0.39, 0.29) is 0 Å². The van der Waals surface area contributed by atoms with Crippen molar-refractivity contribution in [2.24, 2.45) is 0 Å². The molecule has 0 radical (unpaired) electrons. The molecule has 0 atom stereocenters. The van der Waals surface area contributed by atoms with Crippen LogP contribution in [0.3, 0.4) is 0 Å². The Hall–Kier alpha value is -3.91. The van der Waals surface area contributed by atoms with Crippen molar-refractivity contribution < 1.29 is 0 Å².